The Labute approximate surface area is 184 Å². The Kier molecular flexibility index (Phi) is 11.2. The lowest BCUT2D eigenvalue weighted by atomic mass is 10.1. The van der Waals surface area contributed by atoms with Gasteiger partial charge in [0.25, 0.3) is 0 Å². The number of hydrogen-bond acceptors (Lipinski definition) is 4. The predicted molar refractivity (Wildman–Crippen MR) is 124 cm³/mol. The summed E-state index contributed by atoms with van der Waals surface area (Å²) >= 11 is 0. The largest absolute Gasteiger partial charge is 0.493 e. The van der Waals surface area contributed by atoms with Gasteiger partial charge in [0.1, 0.15) is 0 Å². The van der Waals surface area contributed by atoms with Crippen molar-refractivity contribution in [2.45, 2.75) is 19.9 Å². The molecule has 0 spiro atoms. The second kappa shape index (κ2) is 13.1. The molecule has 6 nitrogen and oxygen atoms in total. The molecule has 2 aromatic carbocycles. The van der Waals surface area contributed by atoms with Gasteiger partial charge < -0.3 is 24.8 Å². The topological polar surface area (TPSA) is 64.1 Å². The van der Waals surface area contributed by atoms with Crippen molar-refractivity contribution in [2.75, 3.05) is 34.4 Å². The third kappa shape index (κ3) is 6.78. The molecule has 0 atom stereocenters. The number of nitrogens with one attached hydrogen (secondary N) is 2. The van der Waals surface area contributed by atoms with E-state index in [-0.39, 0.29) is 24.0 Å². The number of nitrogens with zero attached hydrogens (tertiary/aromatic N) is 1. The lowest BCUT2D eigenvalue weighted by Crippen LogP contribution is -2.38. The fourth-order valence-electron chi connectivity index (χ4n) is 2.76. The summed E-state index contributed by atoms with van der Waals surface area (Å²) in [6.45, 7) is 4.11. The van der Waals surface area contributed by atoms with E-state index in [0.717, 1.165) is 31.0 Å². The highest BCUT2D eigenvalue weighted by atomic mass is 127. The van der Waals surface area contributed by atoms with Crippen LogP contribution in [0.15, 0.2) is 47.5 Å². The maximum atomic E-state index is 5.53. The molecular weight excluding hydrogens is 469 g/mol. The molecule has 2 rings (SSSR count). The van der Waals surface area contributed by atoms with Crippen molar-refractivity contribution in [3.8, 4) is 17.2 Å². The lowest BCUT2D eigenvalue weighted by molar-refractivity contribution is 0.322. The third-order valence-corrected chi connectivity index (χ3v) is 4.09. The van der Waals surface area contributed by atoms with Gasteiger partial charge in [0.05, 0.1) is 27.9 Å². The monoisotopic (exact) mass is 499 g/mol. The van der Waals surface area contributed by atoms with E-state index in [9.17, 15) is 0 Å². The number of methoxy groups -OCH3 is 3. The standard InChI is InChI=1S/C21H29N3O3.HI/c1-5-22-21(23-14-13-16-9-7-6-8-10-16)24-15-17-11-12-18(25-2)20(27-4)19(17)26-3;/h6-12H,5,13-15H2,1-4H3,(H2,22,23,24);1H. The summed E-state index contributed by atoms with van der Waals surface area (Å²) < 4.78 is 16.3. The van der Waals surface area contributed by atoms with Gasteiger partial charge in [-0.05, 0) is 31.0 Å². The molecule has 0 saturated heterocycles. The first kappa shape index (κ1) is 23.9. The molecule has 0 aliphatic rings. The summed E-state index contributed by atoms with van der Waals surface area (Å²) in [6, 6.07) is 14.2. The van der Waals surface area contributed by atoms with Crippen LogP contribution in [0, 0.1) is 0 Å². The number of benzene rings is 2. The van der Waals surface area contributed by atoms with Crippen LogP contribution in [-0.4, -0.2) is 40.4 Å². The molecule has 0 radical (unpaired) electrons. The van der Waals surface area contributed by atoms with Gasteiger partial charge >= 0.3 is 0 Å². The van der Waals surface area contributed by atoms with E-state index in [2.05, 4.69) is 39.9 Å². The highest BCUT2D eigenvalue weighted by molar-refractivity contribution is 14.0. The Balaban J connectivity index is 0.00000392. The van der Waals surface area contributed by atoms with Crippen molar-refractivity contribution >= 4 is 29.9 Å². The third-order valence-electron chi connectivity index (χ3n) is 4.09. The molecule has 2 aromatic rings. The quantitative estimate of drug-likeness (QED) is 0.314. The molecule has 28 heavy (non-hydrogen) atoms. The number of rotatable bonds is 9. The maximum absolute atomic E-state index is 5.53. The minimum absolute atomic E-state index is 0. The number of aliphatic imine (C=N–C) groups is 1. The SMILES string of the molecule is CCNC(=NCc1ccc(OC)c(OC)c1OC)NCCc1ccccc1.I. The van der Waals surface area contributed by atoms with Crippen molar-refractivity contribution in [1.82, 2.24) is 10.6 Å². The second-order valence-electron chi connectivity index (χ2n) is 5.85. The summed E-state index contributed by atoms with van der Waals surface area (Å²) in [5.74, 6) is 2.62. The fraction of sp³-hybridized carbons (Fsp3) is 0.381. The van der Waals surface area contributed by atoms with E-state index in [1.165, 1.54) is 5.56 Å². The molecule has 7 heteroatoms. The zero-order valence-electron chi connectivity index (χ0n) is 17.0. The molecule has 0 aromatic heterocycles. The summed E-state index contributed by atoms with van der Waals surface area (Å²) in [4.78, 5) is 4.67. The van der Waals surface area contributed by atoms with Crippen LogP contribution in [0.1, 0.15) is 18.1 Å². The fourth-order valence-corrected chi connectivity index (χ4v) is 2.76. The van der Waals surface area contributed by atoms with Crippen LogP contribution >= 0.6 is 24.0 Å². The van der Waals surface area contributed by atoms with Crippen LogP contribution in [-0.2, 0) is 13.0 Å². The van der Waals surface area contributed by atoms with Gasteiger partial charge in [0.2, 0.25) is 5.75 Å². The minimum Gasteiger partial charge on any atom is -0.493 e. The van der Waals surface area contributed by atoms with Crippen molar-refractivity contribution < 1.29 is 14.2 Å². The van der Waals surface area contributed by atoms with Gasteiger partial charge in [0, 0.05) is 18.7 Å². The van der Waals surface area contributed by atoms with Crippen molar-refractivity contribution in [1.29, 1.82) is 0 Å². The molecular formula is C21H30IN3O3. The van der Waals surface area contributed by atoms with Crippen LogP contribution in [0.5, 0.6) is 17.2 Å². The number of ether oxygens (including phenoxy) is 3. The molecule has 2 N–H and O–H groups in total. The van der Waals surface area contributed by atoms with E-state index in [0.29, 0.717) is 23.8 Å². The molecule has 0 heterocycles. The van der Waals surface area contributed by atoms with E-state index >= 15 is 0 Å². The van der Waals surface area contributed by atoms with Crippen molar-refractivity contribution in [3.05, 3.63) is 53.6 Å². The van der Waals surface area contributed by atoms with Gasteiger partial charge in [-0.15, -0.1) is 24.0 Å². The van der Waals surface area contributed by atoms with Crippen molar-refractivity contribution in [3.63, 3.8) is 0 Å². The minimum atomic E-state index is 0. The molecule has 0 bridgehead atoms. The van der Waals surface area contributed by atoms with Gasteiger partial charge in [-0.1, -0.05) is 30.3 Å². The molecule has 0 saturated carbocycles. The predicted octanol–water partition coefficient (Wildman–Crippen LogP) is 3.63. The molecule has 0 amide bonds. The Morgan fingerprint density at radius 3 is 2.21 bits per heavy atom. The average molecular weight is 499 g/mol. The molecule has 0 unspecified atom stereocenters. The molecule has 0 fully saturated rings. The zero-order valence-corrected chi connectivity index (χ0v) is 19.3. The first-order valence-corrected chi connectivity index (χ1v) is 9.07. The zero-order chi connectivity index (χ0) is 19.5. The van der Waals surface area contributed by atoms with Gasteiger partial charge in [0.15, 0.2) is 17.5 Å². The summed E-state index contributed by atoms with van der Waals surface area (Å²) in [5.41, 5.74) is 2.22. The molecule has 0 aliphatic heterocycles. The second-order valence-corrected chi connectivity index (χ2v) is 5.85. The van der Waals surface area contributed by atoms with Crippen LogP contribution in [0.4, 0.5) is 0 Å². The Morgan fingerprint density at radius 1 is 0.893 bits per heavy atom. The lowest BCUT2D eigenvalue weighted by Gasteiger charge is -2.16. The Hall–Kier alpha value is -2.16. The van der Waals surface area contributed by atoms with E-state index in [1.54, 1.807) is 21.3 Å². The van der Waals surface area contributed by atoms with Gasteiger partial charge in [-0.25, -0.2) is 4.99 Å². The van der Waals surface area contributed by atoms with E-state index < -0.39 is 0 Å². The summed E-state index contributed by atoms with van der Waals surface area (Å²) in [6.07, 6.45) is 0.935. The van der Waals surface area contributed by atoms with E-state index in [1.807, 2.05) is 25.1 Å². The van der Waals surface area contributed by atoms with Crippen molar-refractivity contribution in [2.24, 2.45) is 4.99 Å². The first-order valence-electron chi connectivity index (χ1n) is 9.07. The smallest absolute Gasteiger partial charge is 0.203 e. The van der Waals surface area contributed by atoms with Gasteiger partial charge in [-0.2, -0.15) is 0 Å². The average Bonchev–Trinajstić information content (AvgIpc) is 2.71. The van der Waals surface area contributed by atoms with Crippen LogP contribution in [0.3, 0.4) is 0 Å². The van der Waals surface area contributed by atoms with Crippen LogP contribution in [0.2, 0.25) is 0 Å². The highest BCUT2D eigenvalue weighted by Crippen LogP contribution is 2.39. The number of guanidine groups is 1. The normalized spacial score (nSPS) is 10.6. The number of halogens is 1. The van der Waals surface area contributed by atoms with Gasteiger partial charge in [-0.3, -0.25) is 0 Å². The van der Waals surface area contributed by atoms with E-state index in [4.69, 9.17) is 14.2 Å². The Bertz CT molecular complexity index is 739. The van der Waals surface area contributed by atoms with Crippen LogP contribution < -0.4 is 24.8 Å². The summed E-state index contributed by atoms with van der Waals surface area (Å²) in [5, 5.41) is 6.64. The highest BCUT2D eigenvalue weighted by Gasteiger charge is 2.15. The maximum Gasteiger partial charge on any atom is 0.203 e. The van der Waals surface area contributed by atoms with Crippen LogP contribution in [0.25, 0.3) is 0 Å². The molecule has 0 aliphatic carbocycles. The Morgan fingerprint density at radius 2 is 1.61 bits per heavy atom. The number of hydrogen-bond donors (Lipinski definition) is 2. The summed E-state index contributed by atoms with van der Waals surface area (Å²) in [7, 11) is 4.82. The first-order chi connectivity index (χ1) is 13.2. The molecule has 154 valence electrons.